The molecule has 0 bridgehead atoms. The first kappa shape index (κ1) is 25.4. The van der Waals surface area contributed by atoms with Gasteiger partial charge in [0.25, 0.3) is 0 Å². The molecule has 2 aliphatic rings. The first-order valence-corrected chi connectivity index (χ1v) is 12.7. The van der Waals surface area contributed by atoms with Gasteiger partial charge < -0.3 is 20.9 Å². The number of nitrogens with one attached hydrogen (secondary N) is 3. The molecule has 4 unspecified atom stereocenters. The molecule has 0 aliphatic carbocycles. The summed E-state index contributed by atoms with van der Waals surface area (Å²) in [5, 5.41) is 8.76. The highest BCUT2D eigenvalue weighted by Crippen LogP contribution is 2.21. The Morgan fingerprint density at radius 1 is 0.778 bits per heavy atom. The topological polar surface area (TPSA) is 108 Å². The Kier molecular flexibility index (Phi) is 8.36. The van der Waals surface area contributed by atoms with E-state index >= 15 is 0 Å². The molecule has 4 atom stereocenters. The van der Waals surface area contributed by atoms with E-state index in [9.17, 15) is 19.2 Å². The molecule has 2 fully saturated rings. The molecule has 8 nitrogen and oxygen atoms in total. The Morgan fingerprint density at radius 2 is 1.42 bits per heavy atom. The lowest BCUT2D eigenvalue weighted by Gasteiger charge is -2.29. The fraction of sp³-hybridized carbons (Fsp3) is 0.429. The van der Waals surface area contributed by atoms with Crippen LogP contribution < -0.4 is 16.0 Å². The summed E-state index contributed by atoms with van der Waals surface area (Å²) in [5.74, 6) is -1.23. The molecule has 2 aromatic rings. The number of nitrogens with zero attached hydrogens (tertiary/aromatic N) is 1. The van der Waals surface area contributed by atoms with Crippen molar-refractivity contribution in [3.63, 3.8) is 0 Å². The van der Waals surface area contributed by atoms with E-state index in [0.29, 0.717) is 38.6 Å². The Balaban J connectivity index is 1.64. The van der Waals surface area contributed by atoms with Crippen molar-refractivity contribution in [2.45, 2.75) is 69.6 Å². The van der Waals surface area contributed by atoms with E-state index < -0.39 is 24.2 Å². The maximum absolute atomic E-state index is 13.7. The van der Waals surface area contributed by atoms with Crippen molar-refractivity contribution in [1.82, 2.24) is 20.9 Å². The predicted molar refractivity (Wildman–Crippen MR) is 136 cm³/mol. The highest BCUT2D eigenvalue weighted by atomic mass is 16.2. The lowest BCUT2D eigenvalue weighted by molar-refractivity contribution is -0.141. The minimum absolute atomic E-state index is 0.0208. The zero-order chi connectivity index (χ0) is 25.5. The predicted octanol–water partition coefficient (Wildman–Crippen LogP) is 1.73. The van der Waals surface area contributed by atoms with Gasteiger partial charge in [-0.05, 0) is 36.8 Å². The summed E-state index contributed by atoms with van der Waals surface area (Å²) in [5.41, 5.74) is 1.90. The van der Waals surface area contributed by atoms with Gasteiger partial charge >= 0.3 is 0 Å². The zero-order valence-corrected chi connectivity index (χ0v) is 20.6. The number of carbonyl (C=O) groups excluding carboxylic acids is 4. The maximum Gasteiger partial charge on any atom is 0.246 e. The molecule has 0 radical (unpaired) electrons. The van der Waals surface area contributed by atoms with Gasteiger partial charge in [-0.1, -0.05) is 67.6 Å². The number of rotatable bonds is 5. The van der Waals surface area contributed by atoms with E-state index in [4.69, 9.17) is 0 Å². The van der Waals surface area contributed by atoms with Gasteiger partial charge in [0, 0.05) is 25.4 Å². The summed E-state index contributed by atoms with van der Waals surface area (Å²) in [6.07, 6.45) is 2.42. The lowest BCUT2D eigenvalue weighted by atomic mass is 10.0. The van der Waals surface area contributed by atoms with Crippen LogP contribution in [-0.4, -0.2) is 59.2 Å². The molecule has 2 aromatic carbocycles. The number of hydrogen-bond donors (Lipinski definition) is 3. The quantitative estimate of drug-likeness (QED) is 0.593. The number of carbonyl (C=O) groups is 4. The first-order chi connectivity index (χ1) is 17.4. The van der Waals surface area contributed by atoms with Gasteiger partial charge in [0.1, 0.15) is 18.1 Å². The fourth-order valence-electron chi connectivity index (χ4n) is 5.03. The normalized spacial score (nSPS) is 25.5. The van der Waals surface area contributed by atoms with E-state index in [1.807, 2.05) is 67.6 Å². The van der Waals surface area contributed by atoms with E-state index in [1.165, 1.54) is 0 Å². The summed E-state index contributed by atoms with van der Waals surface area (Å²) < 4.78 is 0. The van der Waals surface area contributed by atoms with Crippen LogP contribution in [0.4, 0.5) is 0 Å². The molecule has 2 heterocycles. The van der Waals surface area contributed by atoms with Crippen LogP contribution in [0.2, 0.25) is 0 Å². The first-order valence-electron chi connectivity index (χ1n) is 12.7. The maximum atomic E-state index is 13.7. The van der Waals surface area contributed by atoms with Gasteiger partial charge in [-0.3, -0.25) is 19.2 Å². The average Bonchev–Trinajstić information content (AvgIpc) is 3.37. The third kappa shape index (κ3) is 6.30. The zero-order valence-electron chi connectivity index (χ0n) is 20.6. The SMILES string of the molecule is CCC1NC(=O)C2CCCN2C(=O)C(Cc2ccccc2)NC(=O)CC(Cc2ccccc2)NC1=O. The molecule has 2 aliphatic heterocycles. The van der Waals surface area contributed by atoms with Gasteiger partial charge in [-0.25, -0.2) is 0 Å². The molecule has 4 amide bonds. The van der Waals surface area contributed by atoms with E-state index in [0.717, 1.165) is 11.1 Å². The minimum atomic E-state index is -0.802. The molecular formula is C28H34N4O4. The minimum Gasteiger partial charge on any atom is -0.351 e. The third-order valence-corrected chi connectivity index (χ3v) is 6.90. The van der Waals surface area contributed by atoms with Crippen LogP contribution in [0.25, 0.3) is 0 Å². The summed E-state index contributed by atoms with van der Waals surface area (Å²) >= 11 is 0. The molecular weight excluding hydrogens is 456 g/mol. The van der Waals surface area contributed by atoms with Crippen molar-refractivity contribution in [3.8, 4) is 0 Å². The summed E-state index contributed by atoms with van der Waals surface area (Å²) in [6.45, 7) is 2.27. The Bertz CT molecular complexity index is 1080. The van der Waals surface area contributed by atoms with E-state index in [1.54, 1.807) is 4.90 Å². The van der Waals surface area contributed by atoms with Crippen LogP contribution in [0.1, 0.15) is 43.7 Å². The highest BCUT2D eigenvalue weighted by Gasteiger charge is 2.39. The van der Waals surface area contributed by atoms with E-state index in [-0.39, 0.29) is 30.0 Å². The van der Waals surface area contributed by atoms with Crippen LogP contribution >= 0.6 is 0 Å². The highest BCUT2D eigenvalue weighted by molar-refractivity contribution is 5.95. The average molecular weight is 491 g/mol. The van der Waals surface area contributed by atoms with Gasteiger partial charge in [-0.2, -0.15) is 0 Å². The second-order valence-corrected chi connectivity index (χ2v) is 9.57. The van der Waals surface area contributed by atoms with Crippen LogP contribution in [0, 0.1) is 0 Å². The van der Waals surface area contributed by atoms with Crippen LogP contribution in [0.5, 0.6) is 0 Å². The second-order valence-electron chi connectivity index (χ2n) is 9.57. The molecule has 2 saturated heterocycles. The number of benzene rings is 2. The van der Waals surface area contributed by atoms with Crippen LogP contribution in [0.3, 0.4) is 0 Å². The summed E-state index contributed by atoms with van der Waals surface area (Å²) in [4.78, 5) is 54.8. The van der Waals surface area contributed by atoms with Crippen molar-refractivity contribution in [2.24, 2.45) is 0 Å². The van der Waals surface area contributed by atoms with Crippen molar-refractivity contribution in [2.75, 3.05) is 6.54 Å². The van der Waals surface area contributed by atoms with Gasteiger partial charge in [0.15, 0.2) is 0 Å². The van der Waals surface area contributed by atoms with Crippen molar-refractivity contribution in [1.29, 1.82) is 0 Å². The Hall–Kier alpha value is -3.68. The molecule has 0 spiro atoms. The number of fused-ring (bicyclic) bond motifs is 1. The van der Waals surface area contributed by atoms with E-state index in [2.05, 4.69) is 16.0 Å². The fourth-order valence-corrected chi connectivity index (χ4v) is 5.03. The molecule has 0 saturated carbocycles. The van der Waals surface area contributed by atoms with Gasteiger partial charge in [-0.15, -0.1) is 0 Å². The molecule has 190 valence electrons. The summed E-state index contributed by atoms with van der Waals surface area (Å²) in [7, 11) is 0. The molecule has 36 heavy (non-hydrogen) atoms. The van der Waals surface area contributed by atoms with Gasteiger partial charge in [0.05, 0.1) is 0 Å². The van der Waals surface area contributed by atoms with Crippen molar-refractivity contribution in [3.05, 3.63) is 71.8 Å². The van der Waals surface area contributed by atoms with Gasteiger partial charge in [0.2, 0.25) is 23.6 Å². The smallest absolute Gasteiger partial charge is 0.246 e. The van der Waals surface area contributed by atoms with Crippen molar-refractivity contribution < 1.29 is 19.2 Å². The monoisotopic (exact) mass is 490 g/mol. The Labute approximate surface area is 211 Å². The second kappa shape index (κ2) is 11.8. The molecule has 4 rings (SSSR count). The number of hydrogen-bond acceptors (Lipinski definition) is 4. The largest absolute Gasteiger partial charge is 0.351 e. The Morgan fingerprint density at radius 3 is 2.06 bits per heavy atom. The summed E-state index contributed by atoms with van der Waals surface area (Å²) in [6, 6.07) is 16.5. The number of amides is 4. The van der Waals surface area contributed by atoms with Crippen LogP contribution in [0.15, 0.2) is 60.7 Å². The third-order valence-electron chi connectivity index (χ3n) is 6.90. The molecule has 3 N–H and O–H groups in total. The lowest BCUT2D eigenvalue weighted by Crippen LogP contribution is -2.56. The van der Waals surface area contributed by atoms with Crippen molar-refractivity contribution >= 4 is 23.6 Å². The molecule has 8 heteroatoms. The molecule has 0 aromatic heterocycles. The van der Waals surface area contributed by atoms with Crippen LogP contribution in [-0.2, 0) is 32.0 Å². The standard InChI is InChI=1S/C28H34N4O4/c1-2-22-26(34)29-21(16-19-10-5-3-6-11-19)18-25(33)30-23(17-20-12-7-4-8-13-20)28(36)32-15-9-14-24(32)27(35)31-22/h3-8,10-13,21-24H,2,9,14-18H2,1H3,(H,29,34)(H,30,33)(H,31,35).